The van der Waals surface area contributed by atoms with Crippen molar-refractivity contribution in [3.63, 3.8) is 0 Å². The first kappa shape index (κ1) is 14.9. The van der Waals surface area contributed by atoms with E-state index in [1.54, 1.807) is 0 Å². The van der Waals surface area contributed by atoms with E-state index < -0.39 is 5.92 Å². The number of rotatable bonds is 3. The van der Waals surface area contributed by atoms with Gasteiger partial charge in [0.2, 0.25) is 5.92 Å². The first-order valence-electron chi connectivity index (χ1n) is 7.40. The van der Waals surface area contributed by atoms with Gasteiger partial charge in [0.25, 0.3) is 5.91 Å². The minimum Gasteiger partial charge on any atom is -0.349 e. The maximum absolute atomic E-state index is 13.1. The average molecular weight is 314 g/mol. The van der Waals surface area contributed by atoms with Gasteiger partial charge in [-0.25, -0.2) is 8.78 Å². The lowest BCUT2D eigenvalue weighted by atomic mass is 9.92. The van der Waals surface area contributed by atoms with E-state index in [1.807, 2.05) is 13.0 Å². The van der Waals surface area contributed by atoms with Gasteiger partial charge in [0, 0.05) is 35.7 Å². The van der Waals surface area contributed by atoms with Crippen LogP contribution in [0.4, 0.5) is 8.78 Å². The summed E-state index contributed by atoms with van der Waals surface area (Å²) in [7, 11) is 0. The van der Waals surface area contributed by atoms with Gasteiger partial charge in [0.05, 0.1) is 4.88 Å². The topological polar surface area (TPSA) is 55.1 Å². The molecule has 6 heteroatoms. The van der Waals surface area contributed by atoms with E-state index >= 15 is 0 Å². The van der Waals surface area contributed by atoms with Crippen LogP contribution in [0.3, 0.4) is 0 Å². The number of carbonyl (C=O) groups is 1. The fourth-order valence-corrected chi connectivity index (χ4v) is 3.98. The van der Waals surface area contributed by atoms with Gasteiger partial charge in [-0.1, -0.05) is 0 Å². The number of alkyl halides is 2. The Morgan fingerprint density at radius 1 is 1.43 bits per heavy atom. The van der Waals surface area contributed by atoms with Gasteiger partial charge >= 0.3 is 0 Å². The summed E-state index contributed by atoms with van der Waals surface area (Å²) in [5.41, 5.74) is 6.91. The first-order chi connectivity index (χ1) is 9.85. The van der Waals surface area contributed by atoms with E-state index in [0.717, 1.165) is 16.9 Å². The maximum Gasteiger partial charge on any atom is 0.261 e. The number of hydrogen-bond acceptors (Lipinski definition) is 3. The number of aryl methyl sites for hydroxylation is 1. The van der Waals surface area contributed by atoms with Crippen molar-refractivity contribution in [2.75, 3.05) is 0 Å². The van der Waals surface area contributed by atoms with Gasteiger partial charge in [-0.15, -0.1) is 11.3 Å². The monoisotopic (exact) mass is 314 g/mol. The first-order valence-corrected chi connectivity index (χ1v) is 8.22. The van der Waals surface area contributed by atoms with Gasteiger partial charge in [0.15, 0.2) is 0 Å². The molecule has 0 saturated heterocycles. The summed E-state index contributed by atoms with van der Waals surface area (Å²) >= 11 is 1.47. The molecule has 2 aliphatic carbocycles. The van der Waals surface area contributed by atoms with Gasteiger partial charge in [0.1, 0.15) is 0 Å². The fourth-order valence-electron chi connectivity index (χ4n) is 2.99. The Kier molecular flexibility index (Phi) is 3.78. The van der Waals surface area contributed by atoms with Crippen molar-refractivity contribution in [2.45, 2.75) is 63.0 Å². The Hall–Kier alpha value is -1.01. The van der Waals surface area contributed by atoms with E-state index in [2.05, 4.69) is 5.32 Å². The lowest BCUT2D eigenvalue weighted by Crippen LogP contribution is -2.40. The molecule has 2 atom stereocenters. The third-order valence-corrected chi connectivity index (χ3v) is 5.45. The van der Waals surface area contributed by atoms with Crippen molar-refractivity contribution >= 4 is 17.2 Å². The minimum atomic E-state index is -2.56. The summed E-state index contributed by atoms with van der Waals surface area (Å²) in [4.78, 5) is 14.2. The van der Waals surface area contributed by atoms with E-state index in [1.165, 1.54) is 11.3 Å². The second-order valence-corrected chi connectivity index (χ2v) is 7.51. The van der Waals surface area contributed by atoms with E-state index in [-0.39, 0.29) is 36.8 Å². The largest absolute Gasteiger partial charge is 0.349 e. The molecule has 2 aliphatic rings. The minimum absolute atomic E-state index is 0.127. The molecular formula is C15H20F2N2OS. The number of amides is 1. The van der Waals surface area contributed by atoms with Gasteiger partial charge in [-0.3, -0.25) is 4.79 Å². The smallest absolute Gasteiger partial charge is 0.261 e. The number of halogens is 2. The fraction of sp³-hybridized carbons (Fsp3) is 0.667. The zero-order chi connectivity index (χ0) is 15.2. The van der Waals surface area contributed by atoms with E-state index in [9.17, 15) is 13.6 Å². The Morgan fingerprint density at radius 2 is 2.05 bits per heavy atom. The van der Waals surface area contributed by atoms with Crippen LogP contribution in [0.25, 0.3) is 0 Å². The van der Waals surface area contributed by atoms with Crippen LogP contribution in [0.15, 0.2) is 6.07 Å². The molecule has 0 aromatic carbocycles. The molecule has 0 unspecified atom stereocenters. The molecule has 2 saturated carbocycles. The van der Waals surface area contributed by atoms with Crippen LogP contribution < -0.4 is 11.1 Å². The molecule has 0 spiro atoms. The maximum atomic E-state index is 13.1. The number of thiophene rings is 1. The zero-order valence-corrected chi connectivity index (χ0v) is 12.8. The summed E-state index contributed by atoms with van der Waals surface area (Å²) in [6, 6.07) is 2.05. The molecule has 3 rings (SSSR count). The van der Waals surface area contributed by atoms with Crippen LogP contribution in [0.1, 0.15) is 58.1 Å². The molecule has 0 aliphatic heterocycles. The normalized spacial score (nSPS) is 28.4. The third kappa shape index (κ3) is 3.26. The SMILES string of the molecule is Cc1cc([C@@H]2C[C@H]2N)c(C(=O)NC2CCC(F)(F)CC2)s1. The Morgan fingerprint density at radius 3 is 2.62 bits per heavy atom. The molecule has 1 amide bonds. The quantitative estimate of drug-likeness (QED) is 0.900. The highest BCUT2D eigenvalue weighted by atomic mass is 32.1. The Balaban J connectivity index is 1.66. The van der Waals surface area contributed by atoms with Crippen molar-refractivity contribution in [3.8, 4) is 0 Å². The van der Waals surface area contributed by atoms with Crippen molar-refractivity contribution in [1.82, 2.24) is 5.32 Å². The van der Waals surface area contributed by atoms with Gasteiger partial charge < -0.3 is 11.1 Å². The molecule has 116 valence electrons. The molecule has 21 heavy (non-hydrogen) atoms. The lowest BCUT2D eigenvalue weighted by molar-refractivity contribution is -0.0399. The summed E-state index contributed by atoms with van der Waals surface area (Å²) in [5, 5.41) is 2.92. The molecule has 3 nitrogen and oxygen atoms in total. The highest BCUT2D eigenvalue weighted by Crippen LogP contribution is 2.43. The van der Waals surface area contributed by atoms with Crippen LogP contribution in [-0.2, 0) is 0 Å². The average Bonchev–Trinajstić information content (AvgIpc) is 3.00. The standard InChI is InChI=1S/C15H20F2N2OS/c1-8-6-11(10-7-12(10)18)13(21-8)14(20)19-9-2-4-15(16,17)5-3-9/h6,9-10,12H,2-5,7,18H2,1H3,(H,19,20)/t10-,12+/m0/s1. The number of nitrogens with two attached hydrogens (primary N) is 1. The summed E-state index contributed by atoms with van der Waals surface area (Å²) < 4.78 is 26.3. The zero-order valence-electron chi connectivity index (χ0n) is 12.0. The Labute approximate surface area is 126 Å². The molecule has 0 bridgehead atoms. The van der Waals surface area contributed by atoms with Crippen molar-refractivity contribution in [2.24, 2.45) is 5.73 Å². The van der Waals surface area contributed by atoms with Crippen LogP contribution in [0.2, 0.25) is 0 Å². The second-order valence-electron chi connectivity index (χ2n) is 6.25. The predicted molar refractivity (Wildman–Crippen MR) is 79.1 cm³/mol. The van der Waals surface area contributed by atoms with E-state index in [0.29, 0.717) is 17.7 Å². The molecule has 1 aromatic rings. The highest BCUT2D eigenvalue weighted by Gasteiger charge is 2.39. The summed E-state index contributed by atoms with van der Waals surface area (Å²) in [6.07, 6.45) is 1.35. The number of hydrogen-bond donors (Lipinski definition) is 2. The summed E-state index contributed by atoms with van der Waals surface area (Å²) in [6.45, 7) is 1.97. The van der Waals surface area contributed by atoms with Crippen molar-refractivity contribution < 1.29 is 13.6 Å². The van der Waals surface area contributed by atoms with Crippen LogP contribution >= 0.6 is 11.3 Å². The second kappa shape index (κ2) is 5.32. The molecular weight excluding hydrogens is 294 g/mol. The number of carbonyl (C=O) groups excluding carboxylic acids is 1. The van der Waals surface area contributed by atoms with Gasteiger partial charge in [-0.2, -0.15) is 0 Å². The molecule has 2 fully saturated rings. The Bertz CT molecular complexity index is 548. The molecule has 3 N–H and O–H groups in total. The molecule has 1 heterocycles. The van der Waals surface area contributed by atoms with Crippen molar-refractivity contribution in [1.29, 1.82) is 0 Å². The summed E-state index contributed by atoms with van der Waals surface area (Å²) in [5.74, 6) is -2.41. The lowest BCUT2D eigenvalue weighted by Gasteiger charge is -2.28. The van der Waals surface area contributed by atoms with Crippen LogP contribution in [0, 0.1) is 6.92 Å². The molecule has 0 radical (unpaired) electrons. The van der Waals surface area contributed by atoms with Crippen LogP contribution in [-0.4, -0.2) is 23.9 Å². The predicted octanol–water partition coefficient (Wildman–Crippen LogP) is 3.18. The van der Waals surface area contributed by atoms with Gasteiger partial charge in [-0.05, 0) is 37.8 Å². The van der Waals surface area contributed by atoms with E-state index in [4.69, 9.17) is 5.73 Å². The van der Waals surface area contributed by atoms with Crippen LogP contribution in [0.5, 0.6) is 0 Å². The number of nitrogens with one attached hydrogen (secondary N) is 1. The molecule has 1 aromatic heterocycles. The van der Waals surface area contributed by atoms with Crippen molar-refractivity contribution in [3.05, 3.63) is 21.4 Å². The third-order valence-electron chi connectivity index (χ3n) is 4.38. The highest BCUT2D eigenvalue weighted by molar-refractivity contribution is 7.14.